The summed E-state index contributed by atoms with van der Waals surface area (Å²) < 4.78 is 5.97. The van der Waals surface area contributed by atoms with Crippen LogP contribution < -0.4 is 4.74 Å². The highest BCUT2D eigenvalue weighted by molar-refractivity contribution is 6.31. The zero-order valence-electron chi connectivity index (χ0n) is 9.97. The summed E-state index contributed by atoms with van der Waals surface area (Å²) >= 11 is 6.17. The minimum absolute atomic E-state index is 0.300. The van der Waals surface area contributed by atoms with Gasteiger partial charge in [-0.2, -0.15) is 0 Å². The van der Waals surface area contributed by atoms with Gasteiger partial charge in [-0.25, -0.2) is 4.98 Å². The molecule has 0 saturated heterocycles. The number of hydrogen-bond donors (Lipinski definition) is 0. The third-order valence-corrected chi connectivity index (χ3v) is 3.55. The summed E-state index contributed by atoms with van der Waals surface area (Å²) in [6.07, 6.45) is 5.48. The molecule has 92 valence electrons. The molecule has 2 aromatic rings. The second-order valence-corrected chi connectivity index (χ2v) is 4.87. The SMILES string of the molecule is Clc1nccc(-c2ccccc2)c1OC1CCC1. The van der Waals surface area contributed by atoms with Crippen molar-refractivity contribution in [2.45, 2.75) is 25.4 Å². The van der Waals surface area contributed by atoms with Crippen LogP contribution >= 0.6 is 11.6 Å². The van der Waals surface area contributed by atoms with E-state index in [-0.39, 0.29) is 0 Å². The van der Waals surface area contributed by atoms with Crippen molar-refractivity contribution < 1.29 is 4.74 Å². The summed E-state index contributed by atoms with van der Waals surface area (Å²) in [5, 5.41) is 0.447. The van der Waals surface area contributed by atoms with Crippen molar-refractivity contribution in [3.63, 3.8) is 0 Å². The lowest BCUT2D eigenvalue weighted by molar-refractivity contribution is 0.120. The first kappa shape index (κ1) is 11.5. The Morgan fingerprint density at radius 3 is 2.56 bits per heavy atom. The molecule has 1 aliphatic carbocycles. The van der Waals surface area contributed by atoms with Crippen LogP contribution in [0.5, 0.6) is 5.75 Å². The van der Waals surface area contributed by atoms with Gasteiger partial charge in [0.2, 0.25) is 0 Å². The van der Waals surface area contributed by atoms with Crippen molar-refractivity contribution in [1.29, 1.82) is 0 Å². The maximum atomic E-state index is 6.17. The Morgan fingerprint density at radius 1 is 1.11 bits per heavy atom. The Labute approximate surface area is 112 Å². The van der Waals surface area contributed by atoms with E-state index in [4.69, 9.17) is 16.3 Å². The maximum Gasteiger partial charge on any atom is 0.171 e. The third-order valence-electron chi connectivity index (χ3n) is 3.28. The molecule has 0 spiro atoms. The van der Waals surface area contributed by atoms with E-state index in [9.17, 15) is 0 Å². The van der Waals surface area contributed by atoms with E-state index < -0.39 is 0 Å². The molecule has 1 fully saturated rings. The van der Waals surface area contributed by atoms with Gasteiger partial charge in [-0.1, -0.05) is 41.9 Å². The maximum absolute atomic E-state index is 6.17. The Kier molecular flexibility index (Phi) is 3.20. The van der Waals surface area contributed by atoms with Crippen LogP contribution in [0.1, 0.15) is 19.3 Å². The van der Waals surface area contributed by atoms with E-state index in [1.54, 1.807) is 6.20 Å². The van der Waals surface area contributed by atoms with Crippen molar-refractivity contribution in [3.05, 3.63) is 47.7 Å². The summed E-state index contributed by atoms with van der Waals surface area (Å²) in [6, 6.07) is 12.1. The van der Waals surface area contributed by atoms with E-state index >= 15 is 0 Å². The van der Waals surface area contributed by atoms with Crippen LogP contribution in [0.15, 0.2) is 42.6 Å². The molecule has 3 heteroatoms. The first-order valence-corrected chi connectivity index (χ1v) is 6.59. The van der Waals surface area contributed by atoms with Gasteiger partial charge in [-0.15, -0.1) is 0 Å². The summed E-state index contributed by atoms with van der Waals surface area (Å²) in [5.41, 5.74) is 2.12. The second kappa shape index (κ2) is 4.99. The number of nitrogens with zero attached hydrogens (tertiary/aromatic N) is 1. The molecule has 1 aromatic carbocycles. The van der Waals surface area contributed by atoms with Crippen LogP contribution in [0.2, 0.25) is 5.15 Å². The number of pyridine rings is 1. The van der Waals surface area contributed by atoms with Crippen molar-refractivity contribution >= 4 is 11.6 Å². The highest BCUT2D eigenvalue weighted by Crippen LogP contribution is 2.37. The van der Waals surface area contributed by atoms with Crippen molar-refractivity contribution in [2.75, 3.05) is 0 Å². The number of halogens is 1. The lowest BCUT2D eigenvalue weighted by Gasteiger charge is -2.27. The topological polar surface area (TPSA) is 22.1 Å². The molecule has 1 aromatic heterocycles. The number of benzene rings is 1. The quantitative estimate of drug-likeness (QED) is 0.766. The van der Waals surface area contributed by atoms with Gasteiger partial charge in [-0.3, -0.25) is 0 Å². The third kappa shape index (κ3) is 2.21. The van der Waals surface area contributed by atoms with Gasteiger partial charge in [0.05, 0.1) is 6.10 Å². The number of ether oxygens (including phenoxy) is 1. The van der Waals surface area contributed by atoms with Gasteiger partial charge in [0.15, 0.2) is 10.9 Å². The van der Waals surface area contributed by atoms with Crippen LogP contribution in [0.4, 0.5) is 0 Å². The molecule has 0 unspecified atom stereocenters. The Morgan fingerprint density at radius 2 is 1.89 bits per heavy atom. The van der Waals surface area contributed by atoms with Crippen LogP contribution in [-0.4, -0.2) is 11.1 Å². The van der Waals surface area contributed by atoms with Crippen molar-refractivity contribution in [1.82, 2.24) is 4.98 Å². The lowest BCUT2D eigenvalue weighted by atomic mass is 9.96. The molecule has 2 nitrogen and oxygen atoms in total. The van der Waals surface area contributed by atoms with Crippen LogP contribution in [-0.2, 0) is 0 Å². The summed E-state index contributed by atoms with van der Waals surface area (Å²) in [6.45, 7) is 0. The molecule has 1 aliphatic rings. The van der Waals surface area contributed by atoms with Gasteiger partial charge in [-0.05, 0) is 30.9 Å². The zero-order chi connectivity index (χ0) is 12.4. The molecular weight excluding hydrogens is 246 g/mol. The largest absolute Gasteiger partial charge is 0.487 e. The van der Waals surface area contributed by atoms with Crippen LogP contribution in [0, 0.1) is 0 Å². The van der Waals surface area contributed by atoms with E-state index in [1.807, 2.05) is 24.3 Å². The van der Waals surface area contributed by atoms with Gasteiger partial charge >= 0.3 is 0 Å². The minimum Gasteiger partial charge on any atom is -0.487 e. The molecule has 0 radical (unpaired) electrons. The standard InChI is InChI=1S/C15H14ClNO/c16-15-14(18-12-7-4-8-12)13(9-10-17-15)11-5-2-1-3-6-11/h1-3,5-6,9-10,12H,4,7-8H2. The van der Waals surface area contributed by atoms with Gasteiger partial charge in [0.25, 0.3) is 0 Å². The highest BCUT2D eigenvalue weighted by atomic mass is 35.5. The predicted octanol–water partition coefficient (Wildman–Crippen LogP) is 4.33. The van der Waals surface area contributed by atoms with Gasteiger partial charge in [0.1, 0.15) is 0 Å². The van der Waals surface area contributed by atoms with Crippen LogP contribution in [0.3, 0.4) is 0 Å². The van der Waals surface area contributed by atoms with Gasteiger partial charge in [0, 0.05) is 11.8 Å². The normalized spacial score (nSPS) is 15.2. The Balaban J connectivity index is 2.00. The minimum atomic E-state index is 0.300. The molecule has 1 saturated carbocycles. The Hall–Kier alpha value is -1.54. The fourth-order valence-corrected chi connectivity index (χ4v) is 2.24. The fraction of sp³-hybridized carbons (Fsp3) is 0.267. The van der Waals surface area contributed by atoms with Gasteiger partial charge < -0.3 is 4.74 Å². The number of aromatic nitrogens is 1. The van der Waals surface area contributed by atoms with Crippen molar-refractivity contribution in [2.24, 2.45) is 0 Å². The molecular formula is C15H14ClNO. The molecule has 0 aliphatic heterocycles. The first-order chi connectivity index (χ1) is 8.84. The summed E-state index contributed by atoms with van der Waals surface area (Å²) in [7, 11) is 0. The second-order valence-electron chi connectivity index (χ2n) is 4.52. The first-order valence-electron chi connectivity index (χ1n) is 6.21. The predicted molar refractivity (Wildman–Crippen MR) is 73.0 cm³/mol. The molecule has 18 heavy (non-hydrogen) atoms. The summed E-state index contributed by atoms with van der Waals surface area (Å²) in [4.78, 5) is 4.12. The average molecular weight is 260 g/mol. The monoisotopic (exact) mass is 259 g/mol. The van der Waals surface area contributed by atoms with E-state index in [0.717, 1.165) is 29.7 Å². The zero-order valence-corrected chi connectivity index (χ0v) is 10.7. The molecule has 0 amide bonds. The highest BCUT2D eigenvalue weighted by Gasteiger charge is 2.22. The van der Waals surface area contributed by atoms with Crippen LogP contribution in [0.25, 0.3) is 11.1 Å². The molecule has 3 rings (SSSR count). The average Bonchev–Trinajstić information content (AvgIpc) is 2.36. The van der Waals surface area contributed by atoms with E-state index in [0.29, 0.717) is 11.3 Å². The Bertz CT molecular complexity index is 537. The molecule has 1 heterocycles. The molecule has 0 atom stereocenters. The summed E-state index contributed by atoms with van der Waals surface area (Å²) in [5.74, 6) is 0.718. The van der Waals surface area contributed by atoms with E-state index in [1.165, 1.54) is 6.42 Å². The van der Waals surface area contributed by atoms with E-state index in [2.05, 4.69) is 17.1 Å². The molecule has 0 bridgehead atoms. The number of hydrogen-bond acceptors (Lipinski definition) is 2. The van der Waals surface area contributed by atoms with Crippen molar-refractivity contribution in [3.8, 4) is 16.9 Å². The lowest BCUT2D eigenvalue weighted by Crippen LogP contribution is -2.25. The number of rotatable bonds is 3. The smallest absolute Gasteiger partial charge is 0.171 e. The fourth-order valence-electron chi connectivity index (χ4n) is 2.04. The molecule has 0 N–H and O–H groups in total.